The summed E-state index contributed by atoms with van der Waals surface area (Å²) >= 11 is 1.61. The van der Waals surface area contributed by atoms with Crippen LogP contribution in [0.1, 0.15) is 24.2 Å². The average Bonchev–Trinajstić information content (AvgIpc) is 2.80. The number of rotatable bonds is 9. The highest BCUT2D eigenvalue weighted by molar-refractivity contribution is 7.99. The molecule has 0 bridgehead atoms. The van der Waals surface area contributed by atoms with Gasteiger partial charge in [-0.2, -0.15) is 4.31 Å². The lowest BCUT2D eigenvalue weighted by Crippen LogP contribution is -2.48. The van der Waals surface area contributed by atoms with Crippen LogP contribution in [0.15, 0.2) is 64.4 Å². The number of ether oxygens (including phenoxy) is 2. The van der Waals surface area contributed by atoms with Crippen molar-refractivity contribution in [1.82, 2.24) is 9.62 Å². The topological polar surface area (TPSA) is 102 Å². The minimum Gasteiger partial charge on any atom is -0.452 e. The first-order valence-electron chi connectivity index (χ1n) is 10.6. The van der Waals surface area contributed by atoms with Gasteiger partial charge in [-0.25, -0.2) is 13.2 Å². The van der Waals surface area contributed by atoms with E-state index in [9.17, 15) is 18.0 Å². The molecule has 33 heavy (non-hydrogen) atoms. The Morgan fingerprint density at radius 1 is 1.09 bits per heavy atom. The van der Waals surface area contributed by atoms with Gasteiger partial charge in [0, 0.05) is 30.3 Å². The summed E-state index contributed by atoms with van der Waals surface area (Å²) in [6.07, 6.45) is -0.442. The van der Waals surface area contributed by atoms with Crippen LogP contribution in [0.25, 0.3) is 0 Å². The SMILES string of the molecule is CC1CN(S(=O)(=O)c2cccc(C(=O)OCC(=O)NCCSc3ccccc3)c2)CC(C)O1. The van der Waals surface area contributed by atoms with Crippen molar-refractivity contribution in [2.45, 2.75) is 35.8 Å². The number of nitrogens with zero attached hydrogens (tertiary/aromatic N) is 1. The van der Waals surface area contributed by atoms with Crippen LogP contribution in [0.5, 0.6) is 0 Å². The third-order valence-corrected chi connectivity index (χ3v) is 7.71. The van der Waals surface area contributed by atoms with Crippen molar-refractivity contribution in [3.63, 3.8) is 0 Å². The van der Waals surface area contributed by atoms with Crippen LogP contribution in [-0.2, 0) is 24.3 Å². The molecule has 2 aromatic carbocycles. The summed E-state index contributed by atoms with van der Waals surface area (Å²) in [4.78, 5) is 25.5. The van der Waals surface area contributed by atoms with Crippen LogP contribution >= 0.6 is 11.8 Å². The number of sulfonamides is 1. The Balaban J connectivity index is 1.50. The van der Waals surface area contributed by atoms with Crippen LogP contribution < -0.4 is 5.32 Å². The second kappa shape index (κ2) is 11.6. The molecule has 0 radical (unpaired) electrons. The van der Waals surface area contributed by atoms with E-state index in [1.165, 1.54) is 28.6 Å². The van der Waals surface area contributed by atoms with Crippen molar-refractivity contribution in [1.29, 1.82) is 0 Å². The van der Waals surface area contributed by atoms with E-state index in [1.54, 1.807) is 11.8 Å². The molecule has 2 aromatic rings. The number of morpholine rings is 1. The van der Waals surface area contributed by atoms with Crippen molar-refractivity contribution in [2.75, 3.05) is 32.0 Å². The molecule has 3 rings (SSSR count). The normalized spacial score (nSPS) is 19.1. The monoisotopic (exact) mass is 492 g/mol. The maximum atomic E-state index is 13.0. The first-order valence-corrected chi connectivity index (χ1v) is 13.1. The summed E-state index contributed by atoms with van der Waals surface area (Å²) in [5, 5.41) is 2.70. The summed E-state index contributed by atoms with van der Waals surface area (Å²) < 4.78 is 38.1. The Kier molecular flexibility index (Phi) is 8.90. The molecule has 1 heterocycles. The zero-order valence-corrected chi connectivity index (χ0v) is 20.2. The van der Waals surface area contributed by atoms with Crippen LogP contribution in [0.3, 0.4) is 0 Å². The number of hydrogen-bond donors (Lipinski definition) is 1. The number of carbonyl (C=O) groups excluding carboxylic acids is 2. The summed E-state index contributed by atoms with van der Waals surface area (Å²) in [7, 11) is -3.79. The second-order valence-corrected chi connectivity index (χ2v) is 10.8. The first kappa shape index (κ1) is 25.2. The third kappa shape index (κ3) is 7.29. The van der Waals surface area contributed by atoms with Crippen molar-refractivity contribution in [3.8, 4) is 0 Å². The number of benzene rings is 2. The minimum atomic E-state index is -3.79. The van der Waals surface area contributed by atoms with Crippen molar-refractivity contribution < 1.29 is 27.5 Å². The Hall–Kier alpha value is -2.40. The molecule has 2 atom stereocenters. The summed E-state index contributed by atoms with van der Waals surface area (Å²) in [6, 6.07) is 15.5. The molecular formula is C23H28N2O6S2. The molecule has 10 heteroatoms. The van der Waals surface area contributed by atoms with Gasteiger partial charge in [0.2, 0.25) is 10.0 Å². The number of hydrogen-bond acceptors (Lipinski definition) is 7. The molecule has 0 spiro atoms. The highest BCUT2D eigenvalue weighted by atomic mass is 32.2. The molecule has 0 saturated carbocycles. The van der Waals surface area contributed by atoms with Crippen molar-refractivity contribution in [3.05, 3.63) is 60.2 Å². The second-order valence-electron chi connectivity index (χ2n) is 7.69. The van der Waals surface area contributed by atoms with Crippen LogP contribution in [0.4, 0.5) is 0 Å². The molecule has 0 aromatic heterocycles. The number of esters is 1. The van der Waals surface area contributed by atoms with E-state index in [0.717, 1.165) is 4.90 Å². The average molecular weight is 493 g/mol. The zero-order valence-electron chi connectivity index (χ0n) is 18.6. The van der Waals surface area contributed by atoms with E-state index >= 15 is 0 Å². The molecule has 1 aliphatic rings. The predicted octanol–water partition coefficient (Wildman–Crippen LogP) is 2.55. The van der Waals surface area contributed by atoms with Gasteiger partial charge >= 0.3 is 5.97 Å². The van der Waals surface area contributed by atoms with Gasteiger partial charge in [0.25, 0.3) is 5.91 Å². The lowest BCUT2D eigenvalue weighted by atomic mass is 10.2. The smallest absolute Gasteiger partial charge is 0.338 e. The van der Waals surface area contributed by atoms with E-state index in [-0.39, 0.29) is 35.8 Å². The number of nitrogens with one attached hydrogen (secondary N) is 1. The fourth-order valence-corrected chi connectivity index (χ4v) is 5.83. The predicted molar refractivity (Wildman–Crippen MR) is 126 cm³/mol. The number of amides is 1. The fourth-order valence-electron chi connectivity index (χ4n) is 3.40. The van der Waals surface area contributed by atoms with Gasteiger partial charge in [-0.15, -0.1) is 11.8 Å². The highest BCUT2D eigenvalue weighted by Gasteiger charge is 2.32. The van der Waals surface area contributed by atoms with Crippen molar-refractivity contribution in [2.24, 2.45) is 0 Å². The molecular weight excluding hydrogens is 464 g/mol. The largest absolute Gasteiger partial charge is 0.452 e. The standard InChI is InChI=1S/C23H28N2O6S2/c1-17-14-25(15-18(2)31-17)33(28,29)21-10-6-7-19(13-21)23(27)30-16-22(26)24-11-12-32-20-8-4-3-5-9-20/h3-10,13,17-18H,11-12,14-16H2,1-2H3,(H,24,26). The van der Waals surface area contributed by atoms with E-state index in [2.05, 4.69) is 5.32 Å². The number of carbonyl (C=O) groups is 2. The Labute approximate surface area is 198 Å². The quantitative estimate of drug-likeness (QED) is 0.326. The van der Waals surface area contributed by atoms with Crippen LogP contribution in [-0.4, -0.2) is 68.8 Å². The van der Waals surface area contributed by atoms with E-state index in [4.69, 9.17) is 9.47 Å². The fraction of sp³-hybridized carbons (Fsp3) is 0.391. The Morgan fingerprint density at radius 2 is 1.79 bits per heavy atom. The van der Waals surface area contributed by atoms with Gasteiger partial charge in [-0.1, -0.05) is 24.3 Å². The maximum Gasteiger partial charge on any atom is 0.338 e. The van der Waals surface area contributed by atoms with Crippen molar-refractivity contribution >= 4 is 33.7 Å². The van der Waals surface area contributed by atoms with E-state index in [1.807, 2.05) is 44.2 Å². The minimum absolute atomic E-state index is 0.000591. The highest BCUT2D eigenvalue weighted by Crippen LogP contribution is 2.22. The Morgan fingerprint density at radius 3 is 2.48 bits per heavy atom. The first-order chi connectivity index (χ1) is 15.8. The molecule has 1 saturated heterocycles. The molecule has 0 aliphatic carbocycles. The van der Waals surface area contributed by atoms with E-state index < -0.39 is 28.5 Å². The van der Waals surface area contributed by atoms with Gasteiger partial charge in [-0.05, 0) is 44.2 Å². The lowest BCUT2D eigenvalue weighted by Gasteiger charge is -2.34. The molecule has 8 nitrogen and oxygen atoms in total. The molecule has 1 fully saturated rings. The third-order valence-electron chi connectivity index (χ3n) is 4.86. The molecule has 1 N–H and O–H groups in total. The summed E-state index contributed by atoms with van der Waals surface area (Å²) in [5.74, 6) is -0.496. The van der Waals surface area contributed by atoms with Crippen LogP contribution in [0.2, 0.25) is 0 Å². The van der Waals surface area contributed by atoms with E-state index in [0.29, 0.717) is 12.3 Å². The molecule has 1 aliphatic heterocycles. The molecule has 178 valence electrons. The molecule has 1 amide bonds. The Bertz CT molecular complexity index is 1050. The van der Waals surface area contributed by atoms with Gasteiger partial charge in [0.05, 0.1) is 22.7 Å². The van der Waals surface area contributed by atoms with Gasteiger partial charge in [0.15, 0.2) is 6.61 Å². The maximum absolute atomic E-state index is 13.0. The van der Waals surface area contributed by atoms with Gasteiger partial charge in [-0.3, -0.25) is 4.79 Å². The zero-order chi connectivity index (χ0) is 23.8. The summed E-state index contributed by atoms with van der Waals surface area (Å²) in [5.41, 5.74) is 0.0675. The molecule has 2 unspecified atom stereocenters. The summed E-state index contributed by atoms with van der Waals surface area (Å²) in [6.45, 7) is 4.10. The number of thioether (sulfide) groups is 1. The van der Waals surface area contributed by atoms with Gasteiger partial charge < -0.3 is 14.8 Å². The van der Waals surface area contributed by atoms with Crippen LogP contribution in [0, 0.1) is 0 Å². The van der Waals surface area contributed by atoms with Gasteiger partial charge in [0.1, 0.15) is 0 Å². The lowest BCUT2D eigenvalue weighted by molar-refractivity contribution is -0.124.